The smallest absolute Gasteiger partial charge is 0.274 e. The summed E-state index contributed by atoms with van der Waals surface area (Å²) >= 11 is 1.77. The van der Waals surface area contributed by atoms with Crippen molar-refractivity contribution in [3.63, 3.8) is 0 Å². The number of rotatable bonds is 5. The van der Waals surface area contributed by atoms with E-state index in [9.17, 15) is 9.90 Å². The van der Waals surface area contributed by atoms with Gasteiger partial charge < -0.3 is 24.5 Å². The molecule has 0 fully saturated rings. The molecule has 10 heteroatoms. The van der Waals surface area contributed by atoms with Crippen LogP contribution >= 0.6 is 11.8 Å². The van der Waals surface area contributed by atoms with E-state index < -0.39 is 0 Å². The zero-order valence-corrected chi connectivity index (χ0v) is 21.9. The third-order valence-electron chi connectivity index (χ3n) is 7.39. The van der Waals surface area contributed by atoms with Gasteiger partial charge in [-0.1, -0.05) is 31.2 Å². The fourth-order valence-electron chi connectivity index (χ4n) is 5.69. The fraction of sp³-hybridized carbons (Fsp3) is 0.172. The lowest BCUT2D eigenvalue weighted by Gasteiger charge is -2.18. The van der Waals surface area contributed by atoms with Crippen molar-refractivity contribution in [3.05, 3.63) is 84.0 Å². The van der Waals surface area contributed by atoms with Gasteiger partial charge in [-0.2, -0.15) is 0 Å². The third kappa shape index (κ3) is 3.78. The van der Waals surface area contributed by atoms with Gasteiger partial charge in [0, 0.05) is 46.3 Å². The monoisotopic (exact) mass is 535 g/mol. The van der Waals surface area contributed by atoms with Crippen LogP contribution in [-0.4, -0.2) is 47.8 Å². The number of thioether (sulfide) groups is 1. The number of carbonyl (C=O) groups is 1. The summed E-state index contributed by atoms with van der Waals surface area (Å²) in [5.74, 6) is 0.884. The van der Waals surface area contributed by atoms with E-state index in [2.05, 4.69) is 39.0 Å². The maximum atomic E-state index is 14.0. The number of phenols is 1. The molecule has 194 valence electrons. The highest BCUT2D eigenvalue weighted by Crippen LogP contribution is 2.46. The van der Waals surface area contributed by atoms with Gasteiger partial charge in [0.05, 0.1) is 18.3 Å². The van der Waals surface area contributed by atoms with E-state index in [1.807, 2.05) is 41.0 Å². The molecule has 9 nitrogen and oxygen atoms in total. The molecule has 0 spiro atoms. The molecule has 39 heavy (non-hydrogen) atoms. The molecular formula is C29H25N7O2S. The number of hydrogen-bond acceptors (Lipinski definition) is 6. The van der Waals surface area contributed by atoms with Gasteiger partial charge in [-0.25, -0.2) is 9.97 Å². The van der Waals surface area contributed by atoms with Crippen molar-refractivity contribution >= 4 is 56.2 Å². The zero-order chi connectivity index (χ0) is 26.7. The predicted molar refractivity (Wildman–Crippen MR) is 152 cm³/mol. The second kappa shape index (κ2) is 9.02. The zero-order valence-electron chi connectivity index (χ0n) is 21.1. The summed E-state index contributed by atoms with van der Waals surface area (Å²) < 4.78 is 1.92. The predicted octanol–water partition coefficient (Wildman–Crippen LogP) is 5.14. The van der Waals surface area contributed by atoms with E-state index in [-0.39, 0.29) is 23.1 Å². The van der Waals surface area contributed by atoms with E-state index in [0.717, 1.165) is 33.0 Å². The molecule has 0 bridgehead atoms. The summed E-state index contributed by atoms with van der Waals surface area (Å²) in [6.07, 6.45) is 3.19. The minimum absolute atomic E-state index is 0.0883. The summed E-state index contributed by atoms with van der Waals surface area (Å²) in [5.41, 5.74) is 4.46. The second-order valence-corrected chi connectivity index (χ2v) is 11.0. The SMILES string of the molecule is CCSc1ccc2[nH]c(C(=O)N3C[C@@H](Cn4cnc(=N)c5[nH]cnc54)c4c3cc(O)c3ccccc43)cc2c1. The van der Waals surface area contributed by atoms with Gasteiger partial charge in [0.2, 0.25) is 0 Å². The Morgan fingerprint density at radius 3 is 2.85 bits per heavy atom. The van der Waals surface area contributed by atoms with Gasteiger partial charge in [-0.3, -0.25) is 10.2 Å². The van der Waals surface area contributed by atoms with Crippen LogP contribution in [0.5, 0.6) is 5.75 Å². The number of H-pyrrole nitrogens is 2. The van der Waals surface area contributed by atoms with Crippen molar-refractivity contribution < 1.29 is 9.90 Å². The van der Waals surface area contributed by atoms with Crippen molar-refractivity contribution in [3.8, 4) is 5.75 Å². The number of carbonyl (C=O) groups excluding carboxylic acids is 1. The average Bonchev–Trinajstić information content (AvgIpc) is 3.68. The molecule has 0 saturated heterocycles. The molecule has 0 unspecified atom stereocenters. The fourth-order valence-corrected chi connectivity index (χ4v) is 6.40. The molecule has 1 amide bonds. The second-order valence-electron chi connectivity index (χ2n) is 9.70. The average molecular weight is 536 g/mol. The molecule has 0 radical (unpaired) electrons. The number of phenolic OH excluding ortho intramolecular Hbond substituents is 1. The first kappa shape index (κ1) is 23.5. The summed E-state index contributed by atoms with van der Waals surface area (Å²) in [5, 5.41) is 21.7. The summed E-state index contributed by atoms with van der Waals surface area (Å²) in [6, 6.07) is 17.5. The molecule has 3 aromatic carbocycles. The van der Waals surface area contributed by atoms with Crippen LogP contribution in [0.15, 0.2) is 72.1 Å². The summed E-state index contributed by atoms with van der Waals surface area (Å²) in [4.78, 5) is 31.9. The van der Waals surface area contributed by atoms with E-state index in [1.54, 1.807) is 35.4 Å². The lowest BCUT2D eigenvalue weighted by molar-refractivity contribution is 0.0984. The minimum Gasteiger partial charge on any atom is -0.507 e. The largest absolute Gasteiger partial charge is 0.507 e. The van der Waals surface area contributed by atoms with E-state index in [4.69, 9.17) is 5.41 Å². The van der Waals surface area contributed by atoms with Crippen molar-refractivity contribution in [1.82, 2.24) is 24.5 Å². The molecule has 1 aliphatic heterocycles. The van der Waals surface area contributed by atoms with E-state index >= 15 is 0 Å². The molecule has 7 rings (SSSR count). The topological polar surface area (TPSA) is 127 Å². The minimum atomic E-state index is -0.149. The quantitative estimate of drug-likeness (QED) is 0.228. The van der Waals surface area contributed by atoms with Crippen LogP contribution in [0.2, 0.25) is 0 Å². The Kier molecular flexibility index (Phi) is 5.44. The molecule has 1 aliphatic rings. The number of nitrogens with zero attached hydrogens (tertiary/aromatic N) is 4. The molecule has 4 heterocycles. The van der Waals surface area contributed by atoms with Crippen LogP contribution < -0.4 is 10.4 Å². The number of fused-ring (bicyclic) bond motifs is 5. The number of benzene rings is 3. The highest BCUT2D eigenvalue weighted by molar-refractivity contribution is 7.99. The maximum absolute atomic E-state index is 14.0. The number of aromatic hydroxyl groups is 1. The number of aromatic nitrogens is 5. The number of aromatic amines is 2. The van der Waals surface area contributed by atoms with Gasteiger partial charge >= 0.3 is 0 Å². The molecule has 4 N–H and O–H groups in total. The first-order chi connectivity index (χ1) is 19.0. The van der Waals surface area contributed by atoms with Crippen LogP contribution in [0.3, 0.4) is 0 Å². The number of imidazole rings is 1. The van der Waals surface area contributed by atoms with Crippen molar-refractivity contribution in [2.75, 3.05) is 17.2 Å². The van der Waals surface area contributed by atoms with Gasteiger partial charge in [0.25, 0.3) is 5.91 Å². The number of hydrogen-bond donors (Lipinski definition) is 4. The Morgan fingerprint density at radius 1 is 1.15 bits per heavy atom. The van der Waals surface area contributed by atoms with Crippen LogP contribution in [-0.2, 0) is 6.54 Å². The van der Waals surface area contributed by atoms with Gasteiger partial charge in [-0.05, 0) is 41.0 Å². The Morgan fingerprint density at radius 2 is 2.00 bits per heavy atom. The standard InChI is InChI=1S/C29H25N7O2S/c1-2-39-18-7-8-21-16(9-18)10-22(34-21)29(38)36-13-17(12-35-15-33-27(30)26-28(35)32-14-31-26)25-20-6-4-3-5-19(20)24(37)11-23(25)36/h3-11,14-15,17,30,34,37H,2,12-13H2,1H3,(H,31,32)/t17-/m1/s1. The first-order valence-corrected chi connectivity index (χ1v) is 13.8. The van der Waals surface area contributed by atoms with Gasteiger partial charge in [-0.15, -0.1) is 11.8 Å². The Bertz CT molecular complexity index is 1970. The normalized spacial score (nSPS) is 15.0. The first-order valence-electron chi connectivity index (χ1n) is 12.8. The highest BCUT2D eigenvalue weighted by atomic mass is 32.2. The summed E-state index contributed by atoms with van der Waals surface area (Å²) in [6.45, 7) is 3.05. The van der Waals surface area contributed by atoms with Crippen LogP contribution in [0.4, 0.5) is 5.69 Å². The lowest BCUT2D eigenvalue weighted by Crippen LogP contribution is -2.31. The molecule has 3 aromatic heterocycles. The Labute approximate surface area is 227 Å². The van der Waals surface area contributed by atoms with Crippen molar-refractivity contribution in [2.45, 2.75) is 24.3 Å². The van der Waals surface area contributed by atoms with Crippen LogP contribution in [0, 0.1) is 5.41 Å². The molecule has 0 saturated carbocycles. The molecule has 6 aromatic rings. The van der Waals surface area contributed by atoms with E-state index in [0.29, 0.717) is 35.6 Å². The van der Waals surface area contributed by atoms with Crippen LogP contribution in [0.1, 0.15) is 28.9 Å². The van der Waals surface area contributed by atoms with Crippen LogP contribution in [0.25, 0.3) is 32.8 Å². The molecule has 1 atom stereocenters. The van der Waals surface area contributed by atoms with E-state index in [1.165, 1.54) is 4.90 Å². The molecular weight excluding hydrogens is 510 g/mol. The highest BCUT2D eigenvalue weighted by Gasteiger charge is 2.36. The summed E-state index contributed by atoms with van der Waals surface area (Å²) in [7, 11) is 0. The van der Waals surface area contributed by atoms with Gasteiger partial charge in [0.15, 0.2) is 11.1 Å². The Balaban J connectivity index is 1.33. The molecule has 0 aliphatic carbocycles. The Hall–Kier alpha value is -4.57. The lowest BCUT2D eigenvalue weighted by atomic mass is 9.94. The number of amides is 1. The van der Waals surface area contributed by atoms with Crippen molar-refractivity contribution in [2.24, 2.45) is 0 Å². The van der Waals surface area contributed by atoms with Gasteiger partial charge in [0.1, 0.15) is 17.0 Å². The number of anilines is 1. The number of nitrogens with one attached hydrogen (secondary N) is 3. The third-order valence-corrected chi connectivity index (χ3v) is 8.27. The maximum Gasteiger partial charge on any atom is 0.274 e. The van der Waals surface area contributed by atoms with Crippen molar-refractivity contribution in [1.29, 1.82) is 5.41 Å².